The summed E-state index contributed by atoms with van der Waals surface area (Å²) in [5, 5.41) is 0. The van der Waals surface area contributed by atoms with Crippen LogP contribution in [0, 0.1) is 6.07 Å². The SMILES string of the molecule is [c]1c(-c2ccccc2)cccc1-c1ccccc1-c1ccccc1. The van der Waals surface area contributed by atoms with Crippen LogP contribution in [0.3, 0.4) is 0 Å². The van der Waals surface area contributed by atoms with Crippen molar-refractivity contribution in [3.05, 3.63) is 109 Å². The fourth-order valence-electron chi connectivity index (χ4n) is 3.00. The lowest BCUT2D eigenvalue weighted by Crippen LogP contribution is -1.86. The molecule has 0 aromatic heterocycles. The summed E-state index contributed by atoms with van der Waals surface area (Å²) in [5.41, 5.74) is 7.11. The molecule has 113 valence electrons. The van der Waals surface area contributed by atoms with Crippen LogP contribution < -0.4 is 0 Å². The fourth-order valence-corrected chi connectivity index (χ4v) is 3.00. The van der Waals surface area contributed by atoms with Gasteiger partial charge in [0.1, 0.15) is 0 Å². The molecule has 0 heteroatoms. The zero-order valence-corrected chi connectivity index (χ0v) is 13.3. The summed E-state index contributed by atoms with van der Waals surface area (Å²) in [5.74, 6) is 0. The predicted octanol–water partition coefficient (Wildman–Crippen LogP) is 6.49. The summed E-state index contributed by atoms with van der Waals surface area (Å²) >= 11 is 0. The lowest BCUT2D eigenvalue weighted by atomic mass is 9.93. The number of hydrogen-bond acceptors (Lipinski definition) is 0. The van der Waals surface area contributed by atoms with E-state index in [-0.39, 0.29) is 0 Å². The van der Waals surface area contributed by atoms with Crippen molar-refractivity contribution in [3.63, 3.8) is 0 Å². The maximum Gasteiger partial charge on any atom is -0.00141 e. The maximum absolute atomic E-state index is 3.59. The molecule has 0 aliphatic rings. The van der Waals surface area contributed by atoms with E-state index in [4.69, 9.17) is 0 Å². The number of hydrogen-bond donors (Lipinski definition) is 0. The van der Waals surface area contributed by atoms with E-state index in [0.29, 0.717) is 0 Å². The molecular formula is C24H17. The molecule has 4 aromatic rings. The molecule has 0 unspecified atom stereocenters. The van der Waals surface area contributed by atoms with E-state index in [1.807, 2.05) is 12.1 Å². The van der Waals surface area contributed by atoms with Crippen LogP contribution in [0.4, 0.5) is 0 Å². The van der Waals surface area contributed by atoms with Gasteiger partial charge >= 0.3 is 0 Å². The van der Waals surface area contributed by atoms with Crippen molar-refractivity contribution >= 4 is 0 Å². The molecule has 0 amide bonds. The molecule has 0 saturated heterocycles. The maximum atomic E-state index is 3.59. The summed E-state index contributed by atoms with van der Waals surface area (Å²) in [6.07, 6.45) is 0. The molecule has 0 heterocycles. The van der Waals surface area contributed by atoms with E-state index in [0.717, 1.165) is 11.1 Å². The van der Waals surface area contributed by atoms with E-state index in [2.05, 4.69) is 97.1 Å². The lowest BCUT2D eigenvalue weighted by molar-refractivity contribution is 1.56. The first-order valence-electron chi connectivity index (χ1n) is 8.14. The first-order valence-corrected chi connectivity index (χ1v) is 8.14. The van der Waals surface area contributed by atoms with Crippen molar-refractivity contribution in [2.24, 2.45) is 0 Å². The molecular weight excluding hydrogens is 288 g/mol. The van der Waals surface area contributed by atoms with Crippen molar-refractivity contribution in [1.82, 2.24) is 0 Å². The predicted molar refractivity (Wildman–Crippen MR) is 102 cm³/mol. The Morgan fingerprint density at radius 1 is 0.375 bits per heavy atom. The van der Waals surface area contributed by atoms with E-state index < -0.39 is 0 Å². The van der Waals surface area contributed by atoms with Gasteiger partial charge in [-0.2, -0.15) is 0 Å². The molecule has 4 rings (SSSR count). The van der Waals surface area contributed by atoms with Crippen LogP contribution in [0.15, 0.2) is 103 Å². The highest BCUT2D eigenvalue weighted by Crippen LogP contribution is 2.33. The first kappa shape index (κ1) is 14.5. The molecule has 0 saturated carbocycles. The van der Waals surface area contributed by atoms with Crippen LogP contribution in [0.25, 0.3) is 33.4 Å². The second kappa shape index (κ2) is 6.55. The molecule has 1 radical (unpaired) electrons. The largest absolute Gasteiger partial charge is 0.0622 e. The van der Waals surface area contributed by atoms with Gasteiger partial charge in [0.25, 0.3) is 0 Å². The average molecular weight is 305 g/mol. The number of benzene rings is 4. The molecule has 0 nitrogen and oxygen atoms in total. The van der Waals surface area contributed by atoms with Crippen molar-refractivity contribution in [3.8, 4) is 33.4 Å². The standard InChI is InChI=1S/C24H17/c1-3-10-19(11-4-1)21-14-9-15-22(18-21)24-17-8-7-16-23(24)20-12-5-2-6-13-20/h1-17H. The molecule has 24 heavy (non-hydrogen) atoms. The second-order valence-corrected chi connectivity index (χ2v) is 5.76. The molecule has 0 fully saturated rings. The zero-order valence-electron chi connectivity index (χ0n) is 13.3. The molecule has 0 atom stereocenters. The third kappa shape index (κ3) is 2.87. The van der Waals surface area contributed by atoms with Gasteiger partial charge in [-0.3, -0.25) is 0 Å². The van der Waals surface area contributed by atoms with Gasteiger partial charge in [0.2, 0.25) is 0 Å². The summed E-state index contributed by atoms with van der Waals surface area (Å²) in [6, 6.07) is 39.4. The highest BCUT2D eigenvalue weighted by atomic mass is 14.1. The molecule has 0 bridgehead atoms. The van der Waals surface area contributed by atoms with E-state index >= 15 is 0 Å². The molecule has 0 aliphatic heterocycles. The van der Waals surface area contributed by atoms with Gasteiger partial charge in [-0.25, -0.2) is 0 Å². The quantitative estimate of drug-likeness (QED) is 0.406. The Balaban J connectivity index is 1.84. The lowest BCUT2D eigenvalue weighted by Gasteiger charge is -2.11. The van der Waals surface area contributed by atoms with Crippen LogP contribution >= 0.6 is 0 Å². The summed E-state index contributed by atoms with van der Waals surface area (Å²) in [7, 11) is 0. The van der Waals surface area contributed by atoms with Gasteiger partial charge in [0, 0.05) is 0 Å². The Morgan fingerprint density at radius 3 is 1.62 bits per heavy atom. The van der Waals surface area contributed by atoms with Gasteiger partial charge < -0.3 is 0 Å². The van der Waals surface area contributed by atoms with Crippen molar-refractivity contribution < 1.29 is 0 Å². The van der Waals surface area contributed by atoms with Crippen molar-refractivity contribution in [1.29, 1.82) is 0 Å². The highest BCUT2D eigenvalue weighted by molar-refractivity contribution is 5.84. The van der Waals surface area contributed by atoms with Gasteiger partial charge in [-0.05, 0) is 39.4 Å². The third-order valence-corrected chi connectivity index (χ3v) is 4.18. The monoisotopic (exact) mass is 305 g/mol. The van der Waals surface area contributed by atoms with Crippen LogP contribution in [-0.2, 0) is 0 Å². The minimum atomic E-state index is 1.12. The minimum Gasteiger partial charge on any atom is -0.0622 e. The zero-order chi connectivity index (χ0) is 16.2. The van der Waals surface area contributed by atoms with Crippen LogP contribution in [0.2, 0.25) is 0 Å². The minimum absolute atomic E-state index is 1.12. The number of rotatable bonds is 3. The normalized spacial score (nSPS) is 10.5. The second-order valence-electron chi connectivity index (χ2n) is 5.76. The Morgan fingerprint density at radius 2 is 0.917 bits per heavy atom. The Kier molecular flexibility index (Phi) is 3.95. The topological polar surface area (TPSA) is 0 Å². The molecule has 4 aromatic carbocycles. The van der Waals surface area contributed by atoms with Crippen molar-refractivity contribution in [2.45, 2.75) is 0 Å². The van der Waals surface area contributed by atoms with E-state index in [1.54, 1.807) is 0 Å². The van der Waals surface area contributed by atoms with E-state index in [1.165, 1.54) is 22.3 Å². The Hall–Kier alpha value is -3.12. The smallest absolute Gasteiger partial charge is 0.00141 e. The van der Waals surface area contributed by atoms with Gasteiger partial charge in [0.05, 0.1) is 0 Å². The third-order valence-electron chi connectivity index (χ3n) is 4.18. The summed E-state index contributed by atoms with van der Waals surface area (Å²) < 4.78 is 0. The summed E-state index contributed by atoms with van der Waals surface area (Å²) in [6.45, 7) is 0. The van der Waals surface area contributed by atoms with Gasteiger partial charge in [0.15, 0.2) is 0 Å². The molecule has 0 spiro atoms. The molecule has 0 aliphatic carbocycles. The molecule has 0 N–H and O–H groups in total. The Bertz CT molecular complexity index is 938. The van der Waals surface area contributed by atoms with Gasteiger partial charge in [-0.1, -0.05) is 103 Å². The van der Waals surface area contributed by atoms with Gasteiger partial charge in [-0.15, -0.1) is 0 Å². The van der Waals surface area contributed by atoms with E-state index in [9.17, 15) is 0 Å². The average Bonchev–Trinajstić information content (AvgIpc) is 2.69. The van der Waals surface area contributed by atoms with Crippen LogP contribution in [0.1, 0.15) is 0 Å². The fraction of sp³-hybridized carbons (Fsp3) is 0. The van der Waals surface area contributed by atoms with Crippen molar-refractivity contribution in [2.75, 3.05) is 0 Å². The van der Waals surface area contributed by atoms with Crippen LogP contribution in [-0.4, -0.2) is 0 Å². The highest BCUT2D eigenvalue weighted by Gasteiger charge is 2.08. The Labute approximate surface area is 143 Å². The first-order chi connectivity index (χ1) is 11.9. The van der Waals surface area contributed by atoms with Crippen LogP contribution in [0.5, 0.6) is 0 Å². The summed E-state index contributed by atoms with van der Waals surface area (Å²) in [4.78, 5) is 0.